The lowest BCUT2D eigenvalue weighted by molar-refractivity contribution is -0.141. The number of aromatic amines is 1. The molecule has 0 radical (unpaired) electrons. The van der Waals surface area contributed by atoms with Crippen molar-refractivity contribution in [3.8, 4) is 0 Å². The van der Waals surface area contributed by atoms with Gasteiger partial charge in [0.15, 0.2) is 5.82 Å². The summed E-state index contributed by atoms with van der Waals surface area (Å²) in [6.45, 7) is 3.13. The molecule has 3 N–H and O–H groups in total. The molecule has 0 spiro atoms. The molecule has 2 amide bonds. The molecule has 36 heavy (non-hydrogen) atoms. The van der Waals surface area contributed by atoms with Crippen molar-refractivity contribution in [2.24, 2.45) is 5.92 Å². The van der Waals surface area contributed by atoms with Gasteiger partial charge in [-0.2, -0.15) is 18.3 Å². The molecule has 4 heterocycles. The molecule has 3 atom stereocenters. The molecule has 5 rings (SSSR count). The van der Waals surface area contributed by atoms with E-state index >= 15 is 0 Å². The number of aromatic nitrogens is 3. The first-order valence-corrected chi connectivity index (χ1v) is 11.8. The van der Waals surface area contributed by atoms with Crippen molar-refractivity contribution in [1.82, 2.24) is 20.5 Å². The Labute approximate surface area is 204 Å². The van der Waals surface area contributed by atoms with E-state index in [1.54, 1.807) is 6.07 Å². The summed E-state index contributed by atoms with van der Waals surface area (Å²) >= 11 is 0. The molecule has 0 unspecified atom stereocenters. The van der Waals surface area contributed by atoms with Crippen molar-refractivity contribution in [1.29, 1.82) is 0 Å². The van der Waals surface area contributed by atoms with Gasteiger partial charge in [-0.3, -0.25) is 9.89 Å². The average Bonchev–Trinajstić information content (AvgIpc) is 3.29. The standard InChI is InChI=1S/C23H27F3N6O4/c1-22(5-6-22)29-21(34)36-15-8-17(35-12-15)16-9-19(31-30-16)28-20(33)13-4-7-32(11-13)14-2-3-18(27-10-14)23(24,25)26/h2-3,9-10,13,15,17H,4-8,11-12H2,1H3,(H,29,34)(H2,28,30,31,33)/t13-,15-,17-/m1/s1. The van der Waals surface area contributed by atoms with Gasteiger partial charge in [0.25, 0.3) is 0 Å². The van der Waals surface area contributed by atoms with Crippen LogP contribution in [-0.4, -0.2) is 58.5 Å². The van der Waals surface area contributed by atoms with Crippen LogP contribution in [0.2, 0.25) is 0 Å². The lowest BCUT2D eigenvalue weighted by atomic mass is 10.1. The third-order valence-electron chi connectivity index (χ3n) is 6.80. The van der Waals surface area contributed by atoms with Gasteiger partial charge in [-0.1, -0.05) is 0 Å². The van der Waals surface area contributed by atoms with Crippen LogP contribution in [0.4, 0.5) is 29.5 Å². The van der Waals surface area contributed by atoms with Crippen molar-refractivity contribution in [2.75, 3.05) is 29.9 Å². The first kappa shape index (κ1) is 24.3. The summed E-state index contributed by atoms with van der Waals surface area (Å²) in [5.74, 6) is -0.231. The van der Waals surface area contributed by atoms with Crippen LogP contribution in [0.15, 0.2) is 24.4 Å². The Morgan fingerprint density at radius 3 is 2.81 bits per heavy atom. The molecular formula is C23H27F3N6O4. The Hall–Kier alpha value is -3.35. The van der Waals surface area contributed by atoms with Crippen molar-refractivity contribution < 1.29 is 32.2 Å². The number of pyridine rings is 1. The second-order valence-corrected chi connectivity index (χ2v) is 9.80. The molecule has 10 nitrogen and oxygen atoms in total. The molecule has 2 aromatic heterocycles. The van der Waals surface area contributed by atoms with E-state index in [0.717, 1.165) is 18.9 Å². The third-order valence-corrected chi connectivity index (χ3v) is 6.80. The van der Waals surface area contributed by atoms with Gasteiger partial charge in [0.2, 0.25) is 5.91 Å². The summed E-state index contributed by atoms with van der Waals surface area (Å²) in [4.78, 5) is 30.1. The van der Waals surface area contributed by atoms with Crippen LogP contribution >= 0.6 is 0 Å². The Kier molecular flexibility index (Phi) is 6.27. The zero-order valence-electron chi connectivity index (χ0n) is 19.6. The number of alkyl halides is 3. The molecule has 3 aliphatic rings. The molecule has 2 aromatic rings. The maximum absolute atomic E-state index is 12.7. The predicted octanol–water partition coefficient (Wildman–Crippen LogP) is 3.40. The van der Waals surface area contributed by atoms with Gasteiger partial charge < -0.3 is 25.0 Å². The van der Waals surface area contributed by atoms with E-state index in [1.165, 1.54) is 12.3 Å². The number of carbonyl (C=O) groups is 2. The number of H-pyrrole nitrogens is 1. The quantitative estimate of drug-likeness (QED) is 0.547. The minimum atomic E-state index is -4.49. The van der Waals surface area contributed by atoms with Crippen LogP contribution in [0, 0.1) is 5.92 Å². The summed E-state index contributed by atoms with van der Waals surface area (Å²) in [6.07, 6.45) is -1.56. The Morgan fingerprint density at radius 1 is 1.31 bits per heavy atom. The van der Waals surface area contributed by atoms with Gasteiger partial charge in [-0.05, 0) is 38.3 Å². The summed E-state index contributed by atoms with van der Waals surface area (Å²) < 4.78 is 49.4. The number of ether oxygens (including phenoxy) is 2. The van der Waals surface area contributed by atoms with Gasteiger partial charge in [0.1, 0.15) is 17.9 Å². The van der Waals surface area contributed by atoms with Crippen molar-refractivity contribution in [2.45, 2.75) is 56.5 Å². The number of hydrogen-bond acceptors (Lipinski definition) is 7. The SMILES string of the molecule is CC1(NC(=O)O[C@H]2CO[C@@H](c3cc(NC(=O)[C@@H]4CCN(c5ccc(C(F)(F)F)nc5)C4)n[nH]3)C2)CC1. The molecule has 3 fully saturated rings. The van der Waals surface area contributed by atoms with Crippen molar-refractivity contribution in [3.63, 3.8) is 0 Å². The summed E-state index contributed by atoms with van der Waals surface area (Å²) in [5, 5.41) is 12.6. The lowest BCUT2D eigenvalue weighted by Gasteiger charge is -2.18. The van der Waals surface area contributed by atoms with Gasteiger partial charge >= 0.3 is 12.3 Å². The summed E-state index contributed by atoms with van der Waals surface area (Å²) in [6, 6.07) is 3.99. The van der Waals surface area contributed by atoms with E-state index in [1.807, 2.05) is 11.8 Å². The number of hydrogen-bond donors (Lipinski definition) is 3. The van der Waals surface area contributed by atoms with Gasteiger partial charge in [-0.25, -0.2) is 9.78 Å². The highest BCUT2D eigenvalue weighted by Gasteiger charge is 2.40. The Morgan fingerprint density at radius 2 is 2.11 bits per heavy atom. The number of amides is 2. The molecular weight excluding hydrogens is 481 g/mol. The van der Waals surface area contributed by atoms with Crippen molar-refractivity contribution in [3.05, 3.63) is 35.8 Å². The molecule has 1 saturated carbocycles. The molecule has 2 saturated heterocycles. The monoisotopic (exact) mass is 508 g/mol. The number of nitrogens with one attached hydrogen (secondary N) is 3. The zero-order valence-corrected chi connectivity index (χ0v) is 19.6. The fourth-order valence-corrected chi connectivity index (χ4v) is 4.38. The van der Waals surface area contributed by atoms with Crippen LogP contribution in [0.5, 0.6) is 0 Å². The van der Waals surface area contributed by atoms with Crippen LogP contribution in [0.1, 0.15) is 50.1 Å². The minimum absolute atomic E-state index is 0.155. The topological polar surface area (TPSA) is 121 Å². The Balaban J connectivity index is 1.10. The van der Waals surface area contributed by atoms with E-state index in [-0.39, 0.29) is 36.2 Å². The first-order valence-electron chi connectivity index (χ1n) is 11.8. The highest BCUT2D eigenvalue weighted by molar-refractivity contribution is 5.92. The Bertz CT molecular complexity index is 1120. The van der Waals surface area contributed by atoms with Crippen molar-refractivity contribution >= 4 is 23.5 Å². The molecule has 13 heteroatoms. The molecule has 2 aliphatic heterocycles. The summed E-state index contributed by atoms with van der Waals surface area (Å²) in [7, 11) is 0. The number of halogens is 3. The first-order chi connectivity index (χ1) is 17.1. The van der Waals surface area contributed by atoms with Crippen LogP contribution in [-0.2, 0) is 20.4 Å². The maximum atomic E-state index is 12.7. The molecule has 0 aromatic carbocycles. The van der Waals surface area contributed by atoms with Gasteiger partial charge in [-0.15, -0.1) is 0 Å². The molecule has 194 valence electrons. The van der Waals surface area contributed by atoms with E-state index in [4.69, 9.17) is 9.47 Å². The molecule has 0 bridgehead atoms. The number of anilines is 2. The van der Waals surface area contributed by atoms with E-state index < -0.39 is 18.0 Å². The minimum Gasteiger partial charge on any atom is -0.444 e. The van der Waals surface area contributed by atoms with E-state index in [0.29, 0.717) is 43.1 Å². The number of carbonyl (C=O) groups excluding carboxylic acids is 2. The van der Waals surface area contributed by atoms with E-state index in [9.17, 15) is 22.8 Å². The third kappa shape index (κ3) is 5.55. The number of nitrogens with zero attached hydrogens (tertiary/aromatic N) is 3. The fourth-order valence-electron chi connectivity index (χ4n) is 4.38. The largest absolute Gasteiger partial charge is 0.444 e. The zero-order chi connectivity index (χ0) is 25.5. The van der Waals surface area contributed by atoms with Crippen LogP contribution in [0.3, 0.4) is 0 Å². The normalized spacial score (nSPS) is 25.0. The number of rotatable bonds is 6. The maximum Gasteiger partial charge on any atom is 0.433 e. The predicted molar refractivity (Wildman–Crippen MR) is 121 cm³/mol. The summed E-state index contributed by atoms with van der Waals surface area (Å²) in [5.41, 5.74) is 0.0940. The highest BCUT2D eigenvalue weighted by Crippen LogP contribution is 2.35. The second-order valence-electron chi connectivity index (χ2n) is 9.80. The highest BCUT2D eigenvalue weighted by atomic mass is 19.4. The lowest BCUT2D eigenvalue weighted by Crippen LogP contribution is -2.37. The average molecular weight is 509 g/mol. The van der Waals surface area contributed by atoms with Gasteiger partial charge in [0, 0.05) is 31.1 Å². The smallest absolute Gasteiger partial charge is 0.433 e. The molecule has 1 aliphatic carbocycles. The van der Waals surface area contributed by atoms with Crippen LogP contribution in [0.25, 0.3) is 0 Å². The fraction of sp³-hybridized carbons (Fsp3) is 0.565. The number of alkyl carbamates (subject to hydrolysis) is 1. The van der Waals surface area contributed by atoms with E-state index in [2.05, 4.69) is 25.8 Å². The second kappa shape index (κ2) is 9.26. The van der Waals surface area contributed by atoms with Crippen LogP contribution < -0.4 is 15.5 Å². The van der Waals surface area contributed by atoms with Gasteiger partial charge in [0.05, 0.1) is 30.1 Å².